The van der Waals surface area contributed by atoms with Gasteiger partial charge in [0.05, 0.1) is 0 Å². The van der Waals surface area contributed by atoms with Gasteiger partial charge < -0.3 is 20.3 Å². The Balaban J connectivity index is 1.38. The topological polar surface area (TPSA) is 79.4 Å². The van der Waals surface area contributed by atoms with Crippen LogP contribution in [0.25, 0.3) is 0 Å². The van der Waals surface area contributed by atoms with Gasteiger partial charge in [-0.1, -0.05) is 36.4 Å². The van der Waals surface area contributed by atoms with Crippen LogP contribution in [0.15, 0.2) is 97.3 Å². The highest BCUT2D eigenvalue weighted by Gasteiger charge is 2.08. The second-order valence-electron chi connectivity index (χ2n) is 6.68. The van der Waals surface area contributed by atoms with Crippen LogP contribution in [0.5, 0.6) is 11.6 Å². The molecule has 1 heterocycles. The van der Waals surface area contributed by atoms with Gasteiger partial charge in [0.15, 0.2) is 0 Å². The number of anilines is 4. The van der Waals surface area contributed by atoms with Gasteiger partial charge in [0.2, 0.25) is 5.88 Å². The number of nitrogens with one attached hydrogen (secondary N) is 2. The molecule has 0 unspecified atom stereocenters. The number of benzene rings is 3. The van der Waals surface area contributed by atoms with Crippen LogP contribution in [0, 0.1) is 0 Å². The van der Waals surface area contributed by atoms with E-state index in [0.29, 0.717) is 23.1 Å². The Morgan fingerprint density at radius 2 is 1.42 bits per heavy atom. The highest BCUT2D eigenvalue weighted by Crippen LogP contribution is 2.26. The Bertz CT molecular complexity index is 1140. The summed E-state index contributed by atoms with van der Waals surface area (Å²) in [5.41, 5.74) is 2.38. The zero-order valence-electron chi connectivity index (χ0n) is 16.9. The van der Waals surface area contributed by atoms with Crippen molar-refractivity contribution in [1.82, 2.24) is 9.97 Å². The second kappa shape index (κ2) is 9.41. The Labute approximate surface area is 180 Å². The predicted octanol–water partition coefficient (Wildman–Crippen LogP) is 5.68. The van der Waals surface area contributed by atoms with E-state index in [9.17, 15) is 4.79 Å². The van der Waals surface area contributed by atoms with Gasteiger partial charge >= 0.3 is 6.03 Å². The van der Waals surface area contributed by atoms with Gasteiger partial charge in [-0.05, 0) is 48.5 Å². The van der Waals surface area contributed by atoms with Crippen molar-refractivity contribution >= 4 is 28.9 Å². The van der Waals surface area contributed by atoms with Crippen LogP contribution in [0.1, 0.15) is 0 Å². The zero-order chi connectivity index (χ0) is 21.5. The van der Waals surface area contributed by atoms with Crippen molar-refractivity contribution in [3.63, 3.8) is 0 Å². The third kappa shape index (κ3) is 5.36. The molecule has 0 bridgehead atoms. The van der Waals surface area contributed by atoms with Crippen LogP contribution in [0.2, 0.25) is 0 Å². The number of hydrogen-bond acceptors (Lipinski definition) is 5. The van der Waals surface area contributed by atoms with E-state index in [4.69, 9.17) is 4.74 Å². The molecule has 7 nitrogen and oxygen atoms in total. The fraction of sp³-hybridized carbons (Fsp3) is 0.0417. The number of hydrogen-bond donors (Lipinski definition) is 2. The molecule has 0 saturated carbocycles. The third-order valence-corrected chi connectivity index (χ3v) is 4.48. The quantitative estimate of drug-likeness (QED) is 0.427. The van der Waals surface area contributed by atoms with Crippen molar-refractivity contribution in [1.29, 1.82) is 0 Å². The minimum Gasteiger partial charge on any atom is -0.439 e. The first-order valence-electron chi connectivity index (χ1n) is 9.69. The number of urea groups is 1. The zero-order valence-corrected chi connectivity index (χ0v) is 16.9. The predicted molar refractivity (Wildman–Crippen MR) is 122 cm³/mol. The Morgan fingerprint density at radius 1 is 0.806 bits per heavy atom. The lowest BCUT2D eigenvalue weighted by atomic mass is 10.3. The number of ether oxygens (including phenoxy) is 1. The van der Waals surface area contributed by atoms with E-state index in [0.717, 1.165) is 11.4 Å². The largest absolute Gasteiger partial charge is 0.439 e. The summed E-state index contributed by atoms with van der Waals surface area (Å²) in [6.07, 6.45) is 1.47. The molecule has 1 aromatic heterocycles. The highest BCUT2D eigenvalue weighted by atomic mass is 16.5. The molecule has 7 heteroatoms. The Hall–Kier alpha value is -4.39. The molecular weight excluding hydrogens is 390 g/mol. The van der Waals surface area contributed by atoms with Gasteiger partial charge in [0.25, 0.3) is 0 Å². The van der Waals surface area contributed by atoms with Crippen molar-refractivity contribution in [2.24, 2.45) is 0 Å². The Kier molecular flexibility index (Phi) is 6.04. The molecule has 154 valence electrons. The van der Waals surface area contributed by atoms with E-state index in [2.05, 4.69) is 20.6 Å². The summed E-state index contributed by atoms with van der Waals surface area (Å²) in [5.74, 6) is 1.74. The minimum absolute atomic E-state index is 0.316. The molecule has 3 aromatic carbocycles. The molecular formula is C24H21N5O2. The van der Waals surface area contributed by atoms with Gasteiger partial charge in [-0.15, -0.1) is 0 Å². The molecule has 0 spiro atoms. The first-order valence-corrected chi connectivity index (χ1v) is 9.69. The standard InChI is InChI=1S/C24H21N5O2/c1-29(20-10-6-3-7-11-20)22-16-23(26-17-25-22)31-21-14-12-19(13-15-21)28-24(30)27-18-8-4-2-5-9-18/h2-17H,1H3,(H2,27,28,30). The Morgan fingerprint density at radius 3 is 2.10 bits per heavy atom. The molecule has 0 aliphatic carbocycles. The number of nitrogens with zero attached hydrogens (tertiary/aromatic N) is 3. The average Bonchev–Trinajstić information content (AvgIpc) is 2.81. The maximum Gasteiger partial charge on any atom is 0.323 e. The highest BCUT2D eigenvalue weighted by molar-refractivity contribution is 5.99. The molecule has 31 heavy (non-hydrogen) atoms. The molecule has 2 amide bonds. The van der Waals surface area contributed by atoms with Crippen LogP contribution in [0.3, 0.4) is 0 Å². The van der Waals surface area contributed by atoms with Crippen molar-refractivity contribution in [3.8, 4) is 11.6 Å². The molecule has 4 aromatic rings. The van der Waals surface area contributed by atoms with Crippen molar-refractivity contribution in [2.75, 3.05) is 22.6 Å². The SMILES string of the molecule is CN(c1ccccc1)c1cc(Oc2ccc(NC(=O)Nc3ccccc3)cc2)ncn1. The number of amides is 2. The minimum atomic E-state index is -0.316. The summed E-state index contributed by atoms with van der Waals surface area (Å²) in [4.78, 5) is 22.6. The van der Waals surface area contributed by atoms with E-state index in [1.54, 1.807) is 30.3 Å². The van der Waals surface area contributed by atoms with Crippen LogP contribution in [-0.2, 0) is 0 Å². The maximum atomic E-state index is 12.1. The van der Waals surface area contributed by atoms with Crippen LogP contribution in [-0.4, -0.2) is 23.0 Å². The summed E-state index contributed by atoms with van der Waals surface area (Å²) >= 11 is 0. The van der Waals surface area contributed by atoms with Crippen LogP contribution < -0.4 is 20.3 Å². The smallest absolute Gasteiger partial charge is 0.323 e. The van der Waals surface area contributed by atoms with Crippen molar-refractivity contribution < 1.29 is 9.53 Å². The van der Waals surface area contributed by atoms with E-state index in [1.807, 2.05) is 72.6 Å². The first-order chi connectivity index (χ1) is 15.2. The summed E-state index contributed by atoms with van der Waals surface area (Å²) in [7, 11) is 1.93. The molecule has 4 rings (SSSR count). The second-order valence-corrected chi connectivity index (χ2v) is 6.68. The summed E-state index contributed by atoms with van der Waals surface area (Å²) in [6.45, 7) is 0. The molecule has 0 atom stereocenters. The molecule has 2 N–H and O–H groups in total. The molecule has 0 radical (unpaired) electrons. The van der Waals surface area contributed by atoms with Gasteiger partial charge in [0.1, 0.15) is 17.9 Å². The van der Waals surface area contributed by atoms with Gasteiger partial charge in [-0.25, -0.2) is 14.8 Å². The number of para-hydroxylation sites is 2. The van der Waals surface area contributed by atoms with Gasteiger partial charge in [0, 0.05) is 30.2 Å². The van der Waals surface area contributed by atoms with Crippen molar-refractivity contribution in [3.05, 3.63) is 97.3 Å². The van der Waals surface area contributed by atoms with E-state index < -0.39 is 0 Å². The third-order valence-electron chi connectivity index (χ3n) is 4.48. The first kappa shape index (κ1) is 19.9. The summed E-state index contributed by atoms with van der Waals surface area (Å²) in [6, 6.07) is 27.7. The number of carbonyl (C=O) groups is 1. The summed E-state index contributed by atoms with van der Waals surface area (Å²) in [5, 5.41) is 5.56. The summed E-state index contributed by atoms with van der Waals surface area (Å²) < 4.78 is 5.85. The van der Waals surface area contributed by atoms with E-state index in [-0.39, 0.29) is 6.03 Å². The fourth-order valence-electron chi connectivity index (χ4n) is 2.89. The number of aromatic nitrogens is 2. The lowest BCUT2D eigenvalue weighted by Crippen LogP contribution is -2.19. The maximum absolute atomic E-state index is 12.1. The lowest BCUT2D eigenvalue weighted by Gasteiger charge is -2.18. The molecule has 0 aliphatic rings. The van der Waals surface area contributed by atoms with Gasteiger partial charge in [-0.2, -0.15) is 0 Å². The number of rotatable bonds is 6. The monoisotopic (exact) mass is 411 g/mol. The average molecular weight is 411 g/mol. The van der Waals surface area contributed by atoms with Crippen LogP contribution in [0.4, 0.5) is 27.7 Å². The van der Waals surface area contributed by atoms with Crippen molar-refractivity contribution in [2.45, 2.75) is 0 Å². The van der Waals surface area contributed by atoms with Crippen LogP contribution >= 0.6 is 0 Å². The lowest BCUT2D eigenvalue weighted by molar-refractivity contribution is 0.262. The molecule has 0 saturated heterocycles. The van der Waals surface area contributed by atoms with Gasteiger partial charge in [-0.3, -0.25) is 0 Å². The molecule has 0 fully saturated rings. The van der Waals surface area contributed by atoms with E-state index >= 15 is 0 Å². The van der Waals surface area contributed by atoms with E-state index in [1.165, 1.54) is 6.33 Å². The fourth-order valence-corrected chi connectivity index (χ4v) is 2.89. The normalized spacial score (nSPS) is 10.2. The molecule has 0 aliphatic heterocycles. The number of carbonyl (C=O) groups excluding carboxylic acids is 1.